The van der Waals surface area contributed by atoms with E-state index in [4.69, 9.17) is 0 Å². The molecule has 1 aromatic carbocycles. The van der Waals surface area contributed by atoms with Gasteiger partial charge in [0.1, 0.15) is 5.69 Å². The van der Waals surface area contributed by atoms with Gasteiger partial charge in [-0.2, -0.15) is 0 Å². The Morgan fingerprint density at radius 3 is 2.63 bits per heavy atom. The second-order valence-corrected chi connectivity index (χ2v) is 5.91. The van der Waals surface area contributed by atoms with Crippen LogP contribution in [0.4, 0.5) is 0 Å². The van der Waals surface area contributed by atoms with Crippen molar-refractivity contribution in [1.29, 1.82) is 0 Å². The first-order chi connectivity index (χ1) is 9.22. The molecule has 0 unspecified atom stereocenters. The molecule has 4 heteroatoms. The van der Waals surface area contributed by atoms with Crippen LogP contribution in [0.1, 0.15) is 16.0 Å². The average molecular weight is 269 g/mol. The van der Waals surface area contributed by atoms with Crippen molar-refractivity contribution >= 4 is 11.3 Å². The van der Waals surface area contributed by atoms with Crippen LogP contribution in [0.5, 0.6) is 0 Å². The monoisotopic (exact) mass is 269 g/mol. The molecule has 19 heavy (non-hydrogen) atoms. The van der Waals surface area contributed by atoms with Gasteiger partial charge in [0.05, 0.1) is 17.6 Å². The molecular weight excluding hydrogens is 254 g/mol. The Labute approximate surface area is 116 Å². The second kappa shape index (κ2) is 4.97. The highest BCUT2D eigenvalue weighted by atomic mass is 32.1. The maximum atomic E-state index is 4.28. The minimum atomic E-state index is 0.761. The number of benzene rings is 1. The van der Waals surface area contributed by atoms with Gasteiger partial charge in [-0.1, -0.05) is 35.5 Å². The Bertz CT molecular complexity index is 682. The third-order valence-electron chi connectivity index (χ3n) is 3.00. The van der Waals surface area contributed by atoms with Crippen LogP contribution in [0.25, 0.3) is 10.6 Å². The lowest BCUT2D eigenvalue weighted by molar-refractivity contribution is 0.650. The number of hydrogen-bond donors (Lipinski definition) is 0. The van der Waals surface area contributed by atoms with Gasteiger partial charge in [-0.05, 0) is 31.0 Å². The average Bonchev–Trinajstić information content (AvgIpc) is 2.97. The van der Waals surface area contributed by atoms with E-state index in [0.717, 1.165) is 12.2 Å². The lowest BCUT2D eigenvalue weighted by atomic mass is 10.2. The third-order valence-corrected chi connectivity index (χ3v) is 4.17. The molecular formula is C15H15N3S. The number of rotatable bonds is 3. The van der Waals surface area contributed by atoms with Gasteiger partial charge in [-0.25, -0.2) is 4.68 Å². The Morgan fingerprint density at radius 1 is 1.16 bits per heavy atom. The first-order valence-corrected chi connectivity index (χ1v) is 7.05. The van der Waals surface area contributed by atoms with Crippen LogP contribution in [0, 0.1) is 13.8 Å². The smallest absolute Gasteiger partial charge is 0.123 e. The zero-order valence-corrected chi connectivity index (χ0v) is 11.8. The molecule has 0 spiro atoms. The van der Waals surface area contributed by atoms with Gasteiger partial charge in [0.25, 0.3) is 0 Å². The summed E-state index contributed by atoms with van der Waals surface area (Å²) >= 11 is 1.77. The van der Waals surface area contributed by atoms with E-state index in [2.05, 4.69) is 42.4 Å². The minimum Gasteiger partial charge on any atom is -0.247 e. The molecule has 0 amide bonds. The van der Waals surface area contributed by atoms with Crippen molar-refractivity contribution in [2.75, 3.05) is 0 Å². The standard InChI is InChI=1S/C15H15N3S/c1-11-8-12(2)19-15(11)14-10-18(17-16-14)9-13-6-4-3-5-7-13/h3-8,10H,9H2,1-2H3. The molecule has 0 atom stereocenters. The minimum absolute atomic E-state index is 0.761. The number of hydrogen-bond acceptors (Lipinski definition) is 3. The molecule has 2 heterocycles. The molecule has 3 aromatic rings. The normalized spacial score (nSPS) is 10.8. The summed E-state index contributed by atoms with van der Waals surface area (Å²) in [5.41, 5.74) is 3.47. The van der Waals surface area contributed by atoms with E-state index in [9.17, 15) is 0 Å². The van der Waals surface area contributed by atoms with E-state index in [1.54, 1.807) is 11.3 Å². The zero-order valence-electron chi connectivity index (χ0n) is 11.0. The first-order valence-electron chi connectivity index (χ1n) is 6.24. The molecule has 96 valence electrons. The second-order valence-electron chi connectivity index (χ2n) is 4.66. The van der Waals surface area contributed by atoms with Gasteiger partial charge in [-0.15, -0.1) is 16.4 Å². The van der Waals surface area contributed by atoms with Crippen molar-refractivity contribution in [2.45, 2.75) is 20.4 Å². The Kier molecular flexibility index (Phi) is 3.17. The van der Waals surface area contributed by atoms with E-state index in [1.165, 1.54) is 20.9 Å². The summed E-state index contributed by atoms with van der Waals surface area (Å²) < 4.78 is 1.89. The summed E-state index contributed by atoms with van der Waals surface area (Å²) in [6.45, 7) is 5.00. The number of nitrogens with zero attached hydrogens (tertiary/aromatic N) is 3. The lowest BCUT2D eigenvalue weighted by Crippen LogP contribution is -1.99. The van der Waals surface area contributed by atoms with Crippen molar-refractivity contribution in [3.8, 4) is 10.6 Å². The molecule has 0 aliphatic carbocycles. The Hall–Kier alpha value is -1.94. The lowest BCUT2D eigenvalue weighted by Gasteiger charge is -1.99. The van der Waals surface area contributed by atoms with E-state index >= 15 is 0 Å². The largest absolute Gasteiger partial charge is 0.247 e. The highest BCUT2D eigenvalue weighted by molar-refractivity contribution is 7.15. The molecule has 0 bridgehead atoms. The van der Waals surface area contributed by atoms with Crippen LogP contribution in [0.2, 0.25) is 0 Å². The third kappa shape index (κ3) is 2.58. The van der Waals surface area contributed by atoms with Gasteiger partial charge in [0.2, 0.25) is 0 Å². The maximum absolute atomic E-state index is 4.28. The predicted molar refractivity (Wildman–Crippen MR) is 78.4 cm³/mol. The van der Waals surface area contributed by atoms with Gasteiger partial charge in [0, 0.05) is 4.88 Å². The molecule has 0 N–H and O–H groups in total. The topological polar surface area (TPSA) is 30.7 Å². The summed E-state index contributed by atoms with van der Waals surface area (Å²) in [5, 5.41) is 8.49. The highest BCUT2D eigenvalue weighted by Crippen LogP contribution is 2.30. The fourth-order valence-corrected chi connectivity index (χ4v) is 3.12. The summed E-state index contributed by atoms with van der Waals surface area (Å²) in [6.07, 6.45) is 2.02. The predicted octanol–water partition coefficient (Wildman–Crippen LogP) is 3.67. The Balaban J connectivity index is 1.86. The SMILES string of the molecule is Cc1cc(C)c(-c2cn(Cc3ccccc3)nn2)s1. The van der Waals surface area contributed by atoms with Crippen molar-refractivity contribution in [1.82, 2.24) is 15.0 Å². The van der Waals surface area contributed by atoms with Crippen molar-refractivity contribution in [3.05, 3.63) is 58.6 Å². The summed E-state index contributed by atoms with van der Waals surface area (Å²) in [6, 6.07) is 12.5. The molecule has 3 nitrogen and oxygen atoms in total. The molecule has 3 rings (SSSR count). The van der Waals surface area contributed by atoms with Crippen molar-refractivity contribution in [2.24, 2.45) is 0 Å². The number of aryl methyl sites for hydroxylation is 2. The molecule has 0 saturated heterocycles. The van der Waals surface area contributed by atoms with Gasteiger partial charge < -0.3 is 0 Å². The van der Waals surface area contributed by atoms with E-state index < -0.39 is 0 Å². The van der Waals surface area contributed by atoms with Crippen LogP contribution in [-0.4, -0.2) is 15.0 Å². The van der Waals surface area contributed by atoms with Gasteiger partial charge in [-0.3, -0.25) is 0 Å². The first kappa shape index (κ1) is 12.1. The zero-order chi connectivity index (χ0) is 13.2. The quantitative estimate of drug-likeness (QED) is 0.726. The molecule has 0 radical (unpaired) electrons. The highest BCUT2D eigenvalue weighted by Gasteiger charge is 2.10. The van der Waals surface area contributed by atoms with Crippen LogP contribution in [0.3, 0.4) is 0 Å². The van der Waals surface area contributed by atoms with Crippen LogP contribution in [-0.2, 0) is 6.54 Å². The molecule has 0 saturated carbocycles. The molecule has 2 aromatic heterocycles. The number of aromatic nitrogens is 3. The van der Waals surface area contributed by atoms with Crippen LogP contribution in [0.15, 0.2) is 42.6 Å². The Morgan fingerprint density at radius 2 is 1.95 bits per heavy atom. The van der Waals surface area contributed by atoms with Crippen LogP contribution >= 0.6 is 11.3 Å². The van der Waals surface area contributed by atoms with E-state index in [-0.39, 0.29) is 0 Å². The van der Waals surface area contributed by atoms with Gasteiger partial charge in [0.15, 0.2) is 0 Å². The summed E-state index contributed by atoms with van der Waals surface area (Å²) in [5.74, 6) is 0. The fraction of sp³-hybridized carbons (Fsp3) is 0.200. The van der Waals surface area contributed by atoms with E-state index in [1.807, 2.05) is 29.1 Å². The molecule has 0 aliphatic heterocycles. The van der Waals surface area contributed by atoms with Gasteiger partial charge >= 0.3 is 0 Å². The van der Waals surface area contributed by atoms with E-state index in [0.29, 0.717) is 0 Å². The number of thiophene rings is 1. The summed E-state index contributed by atoms with van der Waals surface area (Å²) in [7, 11) is 0. The fourth-order valence-electron chi connectivity index (χ4n) is 2.15. The van der Waals surface area contributed by atoms with Crippen molar-refractivity contribution < 1.29 is 0 Å². The molecule has 0 fully saturated rings. The van der Waals surface area contributed by atoms with Crippen LogP contribution < -0.4 is 0 Å². The summed E-state index contributed by atoms with van der Waals surface area (Å²) in [4.78, 5) is 2.53. The van der Waals surface area contributed by atoms with Crippen molar-refractivity contribution in [3.63, 3.8) is 0 Å². The maximum Gasteiger partial charge on any atom is 0.123 e. The molecule has 0 aliphatic rings.